The summed E-state index contributed by atoms with van der Waals surface area (Å²) in [5.74, 6) is 0.889. The SMILES string of the molecule is CCc1nc2cc[nH]c(=O)c2n1Cc1ccc(-c2ccccc2C#N)cc1. The molecule has 0 atom stereocenters. The van der Waals surface area contributed by atoms with Gasteiger partial charge in [0, 0.05) is 19.2 Å². The van der Waals surface area contributed by atoms with Gasteiger partial charge >= 0.3 is 0 Å². The number of rotatable bonds is 4. The van der Waals surface area contributed by atoms with Crippen LogP contribution in [0.15, 0.2) is 65.6 Å². The van der Waals surface area contributed by atoms with Crippen LogP contribution in [0.5, 0.6) is 0 Å². The number of hydrogen-bond donors (Lipinski definition) is 1. The Labute approximate surface area is 156 Å². The van der Waals surface area contributed by atoms with Crippen LogP contribution in [0, 0.1) is 11.3 Å². The molecular weight excluding hydrogens is 336 g/mol. The average Bonchev–Trinajstić information content (AvgIpc) is 3.07. The van der Waals surface area contributed by atoms with E-state index in [1.54, 1.807) is 6.20 Å². The van der Waals surface area contributed by atoms with E-state index in [1.165, 1.54) is 0 Å². The van der Waals surface area contributed by atoms with Crippen LogP contribution in [0.1, 0.15) is 23.9 Å². The van der Waals surface area contributed by atoms with Crippen LogP contribution >= 0.6 is 0 Å². The maximum absolute atomic E-state index is 12.3. The fourth-order valence-corrected chi connectivity index (χ4v) is 3.38. The molecule has 4 aromatic rings. The number of H-pyrrole nitrogens is 1. The van der Waals surface area contributed by atoms with Crippen LogP contribution in [0.4, 0.5) is 0 Å². The molecule has 0 aliphatic heterocycles. The van der Waals surface area contributed by atoms with Gasteiger partial charge in [0.05, 0.1) is 17.1 Å². The summed E-state index contributed by atoms with van der Waals surface area (Å²) in [6, 6.07) is 19.7. The van der Waals surface area contributed by atoms with E-state index < -0.39 is 0 Å². The van der Waals surface area contributed by atoms with Crippen LogP contribution in [0.2, 0.25) is 0 Å². The highest BCUT2D eigenvalue weighted by molar-refractivity contribution is 5.75. The van der Waals surface area contributed by atoms with Crippen molar-refractivity contribution in [2.75, 3.05) is 0 Å². The van der Waals surface area contributed by atoms with Crippen LogP contribution in [-0.2, 0) is 13.0 Å². The lowest BCUT2D eigenvalue weighted by molar-refractivity contribution is 0.750. The number of hydrogen-bond acceptors (Lipinski definition) is 3. The van der Waals surface area contributed by atoms with E-state index >= 15 is 0 Å². The van der Waals surface area contributed by atoms with E-state index in [0.717, 1.165) is 34.5 Å². The second-order valence-corrected chi connectivity index (χ2v) is 6.36. The summed E-state index contributed by atoms with van der Waals surface area (Å²) in [7, 11) is 0. The second-order valence-electron chi connectivity index (χ2n) is 6.36. The van der Waals surface area contributed by atoms with E-state index in [4.69, 9.17) is 0 Å². The molecule has 0 saturated heterocycles. The summed E-state index contributed by atoms with van der Waals surface area (Å²) >= 11 is 0. The molecule has 0 saturated carbocycles. The largest absolute Gasteiger partial charge is 0.327 e. The third-order valence-corrected chi connectivity index (χ3v) is 4.71. The maximum atomic E-state index is 12.3. The normalized spacial score (nSPS) is 10.8. The van der Waals surface area contributed by atoms with Crippen molar-refractivity contribution in [1.82, 2.24) is 14.5 Å². The van der Waals surface area contributed by atoms with Crippen molar-refractivity contribution in [3.05, 3.63) is 88.1 Å². The summed E-state index contributed by atoms with van der Waals surface area (Å²) in [4.78, 5) is 19.6. The fraction of sp³-hybridized carbons (Fsp3) is 0.136. The number of aromatic nitrogens is 3. The van der Waals surface area contributed by atoms with Gasteiger partial charge in [0.2, 0.25) is 0 Å². The van der Waals surface area contributed by atoms with Gasteiger partial charge in [-0.25, -0.2) is 4.98 Å². The summed E-state index contributed by atoms with van der Waals surface area (Å²) in [6.07, 6.45) is 2.38. The number of pyridine rings is 1. The lowest BCUT2D eigenvalue weighted by atomic mass is 9.99. The maximum Gasteiger partial charge on any atom is 0.274 e. The Morgan fingerprint density at radius 3 is 2.63 bits per heavy atom. The first-order valence-corrected chi connectivity index (χ1v) is 8.86. The van der Waals surface area contributed by atoms with Crippen LogP contribution in [0.25, 0.3) is 22.2 Å². The quantitative estimate of drug-likeness (QED) is 0.604. The number of nitriles is 1. The van der Waals surface area contributed by atoms with Crippen molar-refractivity contribution >= 4 is 11.0 Å². The smallest absolute Gasteiger partial charge is 0.274 e. The Bertz CT molecular complexity index is 1210. The van der Waals surface area contributed by atoms with Crippen molar-refractivity contribution in [3.63, 3.8) is 0 Å². The molecule has 1 N–H and O–H groups in total. The lowest BCUT2D eigenvalue weighted by Crippen LogP contribution is -2.12. The van der Waals surface area contributed by atoms with Crippen molar-refractivity contribution in [1.29, 1.82) is 5.26 Å². The molecule has 2 aromatic carbocycles. The van der Waals surface area contributed by atoms with Gasteiger partial charge in [0.15, 0.2) is 0 Å². The molecule has 4 rings (SSSR count). The van der Waals surface area contributed by atoms with Crippen molar-refractivity contribution in [2.45, 2.75) is 19.9 Å². The van der Waals surface area contributed by atoms with Crippen LogP contribution < -0.4 is 5.56 Å². The minimum absolute atomic E-state index is 0.126. The molecule has 0 aliphatic rings. The first kappa shape index (κ1) is 16.8. The van der Waals surface area contributed by atoms with Gasteiger partial charge in [-0.15, -0.1) is 0 Å². The molecule has 0 unspecified atom stereocenters. The molecule has 2 heterocycles. The van der Waals surface area contributed by atoms with E-state index in [1.807, 2.05) is 66.1 Å². The van der Waals surface area contributed by atoms with Gasteiger partial charge in [-0.3, -0.25) is 4.79 Å². The molecule has 0 aliphatic carbocycles. The predicted octanol–water partition coefficient (Wildman–Crippen LogP) is 3.87. The topological polar surface area (TPSA) is 74.5 Å². The second kappa shape index (κ2) is 6.93. The van der Waals surface area contributed by atoms with Gasteiger partial charge in [-0.05, 0) is 28.8 Å². The number of aromatic amines is 1. The highest BCUT2D eigenvalue weighted by Gasteiger charge is 2.13. The molecule has 0 bridgehead atoms. The van der Waals surface area contributed by atoms with E-state index in [-0.39, 0.29) is 5.56 Å². The Morgan fingerprint density at radius 1 is 1.11 bits per heavy atom. The number of nitrogens with one attached hydrogen (secondary N) is 1. The Morgan fingerprint density at radius 2 is 1.89 bits per heavy atom. The molecule has 5 nitrogen and oxygen atoms in total. The zero-order valence-electron chi connectivity index (χ0n) is 14.9. The highest BCUT2D eigenvalue weighted by Crippen LogP contribution is 2.24. The van der Waals surface area contributed by atoms with Gasteiger partial charge in [-0.1, -0.05) is 49.4 Å². The number of benzene rings is 2. The highest BCUT2D eigenvalue weighted by atomic mass is 16.1. The fourth-order valence-electron chi connectivity index (χ4n) is 3.38. The van der Waals surface area contributed by atoms with Crippen molar-refractivity contribution in [3.8, 4) is 17.2 Å². The molecule has 0 spiro atoms. The Hall–Kier alpha value is -3.65. The lowest BCUT2D eigenvalue weighted by Gasteiger charge is -2.09. The van der Waals surface area contributed by atoms with Crippen LogP contribution in [0.3, 0.4) is 0 Å². The molecule has 0 fully saturated rings. The minimum atomic E-state index is -0.126. The molecule has 27 heavy (non-hydrogen) atoms. The summed E-state index contributed by atoms with van der Waals surface area (Å²) in [5, 5.41) is 9.30. The molecule has 132 valence electrons. The third-order valence-electron chi connectivity index (χ3n) is 4.71. The first-order chi connectivity index (χ1) is 13.2. The third kappa shape index (κ3) is 3.02. The molecule has 5 heteroatoms. The minimum Gasteiger partial charge on any atom is -0.327 e. The zero-order chi connectivity index (χ0) is 18.8. The first-order valence-electron chi connectivity index (χ1n) is 8.86. The van der Waals surface area contributed by atoms with E-state index in [2.05, 4.69) is 16.0 Å². The molecule has 2 aromatic heterocycles. The standard InChI is InChI=1S/C22H18N4O/c1-2-20-25-19-11-12-24-22(27)21(19)26(20)14-15-7-9-16(10-8-15)18-6-4-3-5-17(18)13-23/h3-12H,2,14H2,1H3,(H,24,27). The summed E-state index contributed by atoms with van der Waals surface area (Å²) in [6.45, 7) is 2.61. The van der Waals surface area contributed by atoms with Gasteiger partial charge in [-0.2, -0.15) is 5.26 Å². The Kier molecular flexibility index (Phi) is 4.31. The van der Waals surface area contributed by atoms with Gasteiger partial charge < -0.3 is 9.55 Å². The molecular formula is C22H18N4O. The van der Waals surface area contributed by atoms with Crippen LogP contribution in [-0.4, -0.2) is 14.5 Å². The van der Waals surface area contributed by atoms with Gasteiger partial charge in [0.1, 0.15) is 11.3 Å². The number of imidazole rings is 1. The average molecular weight is 354 g/mol. The zero-order valence-corrected chi connectivity index (χ0v) is 14.9. The molecule has 0 radical (unpaired) electrons. The van der Waals surface area contributed by atoms with Gasteiger partial charge in [0.25, 0.3) is 5.56 Å². The molecule has 0 amide bonds. The summed E-state index contributed by atoms with van der Waals surface area (Å²) < 4.78 is 1.98. The summed E-state index contributed by atoms with van der Waals surface area (Å²) in [5.41, 5.74) is 4.85. The number of fused-ring (bicyclic) bond motifs is 1. The monoisotopic (exact) mass is 354 g/mol. The van der Waals surface area contributed by atoms with E-state index in [0.29, 0.717) is 17.6 Å². The number of nitrogens with zero attached hydrogens (tertiary/aromatic N) is 3. The van der Waals surface area contributed by atoms with Crippen molar-refractivity contribution < 1.29 is 0 Å². The predicted molar refractivity (Wildman–Crippen MR) is 105 cm³/mol. The van der Waals surface area contributed by atoms with Crippen molar-refractivity contribution in [2.24, 2.45) is 0 Å². The Balaban J connectivity index is 1.72. The number of aryl methyl sites for hydroxylation is 1. The van der Waals surface area contributed by atoms with E-state index in [9.17, 15) is 10.1 Å².